The minimum absolute atomic E-state index is 0.0127. The van der Waals surface area contributed by atoms with Crippen molar-refractivity contribution in [2.45, 2.75) is 114 Å². The molecule has 2 aliphatic heterocycles. The molecule has 0 spiro atoms. The van der Waals surface area contributed by atoms with Crippen LogP contribution in [0.5, 0.6) is 17.2 Å². The molecule has 0 saturated carbocycles. The van der Waals surface area contributed by atoms with Gasteiger partial charge in [0, 0.05) is 60.4 Å². The zero-order chi connectivity index (χ0) is 65.9. The summed E-state index contributed by atoms with van der Waals surface area (Å²) in [5.41, 5.74) is 1.42. The van der Waals surface area contributed by atoms with E-state index in [0.29, 0.717) is 5.56 Å². The number of aliphatic hydroxyl groups excluding tert-OH is 2. The zero-order valence-electron chi connectivity index (χ0n) is 49.8. The van der Waals surface area contributed by atoms with Crippen LogP contribution < -0.4 is 37.1 Å². The van der Waals surface area contributed by atoms with Gasteiger partial charge in [0.2, 0.25) is 41.2 Å². The summed E-state index contributed by atoms with van der Waals surface area (Å²) >= 11 is 1.11. The fraction of sp³-hybridized carbons (Fsp3) is 0.450. The van der Waals surface area contributed by atoms with Gasteiger partial charge >= 0.3 is 12.1 Å². The number of fused-ring (bicyclic) bond motifs is 3. The number of anilines is 1. The predicted molar refractivity (Wildman–Crippen MR) is 319 cm³/mol. The first-order valence-electron chi connectivity index (χ1n) is 28.6. The minimum atomic E-state index is -2.43. The number of nitrogens with one attached hydrogen (secondary N) is 5. The highest BCUT2D eigenvalue weighted by molar-refractivity contribution is 7.99. The number of nitrogens with two attached hydrogens (primary N) is 1. The number of carbonyl (C=O) groups is 11. The number of amides is 9. The van der Waals surface area contributed by atoms with E-state index in [2.05, 4.69) is 39.7 Å². The smallest absolute Gasteiger partial charge is 0.407 e. The number of rotatable bonds is 25. The van der Waals surface area contributed by atoms with Crippen molar-refractivity contribution in [3.63, 3.8) is 0 Å². The number of aliphatic hydroxyl groups is 3. The Kier molecular flexibility index (Phi) is 22.9. The molecular formula is C60H73N9O20S. The van der Waals surface area contributed by atoms with E-state index in [1.165, 1.54) is 71.2 Å². The minimum Gasteiger partial charge on any atom is -0.507 e. The molecule has 8 atom stereocenters. The van der Waals surface area contributed by atoms with E-state index in [4.69, 9.17) is 24.7 Å². The fourth-order valence-electron chi connectivity index (χ4n) is 10.8. The highest BCUT2D eigenvalue weighted by atomic mass is 32.2. The molecule has 90 heavy (non-hydrogen) atoms. The number of thioether (sulfide) groups is 1. The SMILES string of the molecule is C=CC(=O)N1CN(C(=O)C=C)CN(C(=O)CCSCC(=O)N[C@H](C(=O)N[C@@H](CCCNC(N)=O)C(=O)Nc2ccc(COC(=O)N[C@H]3C[C@H](O[C@H]4C[C@](O)(C(=O)CO)Cc5c(O)c6c(c(O)c54)C(=O)c4c(OC)cccc4C6=O)O[C@@H](C)[C@H]3O)cc2)C(C)C)C1. The van der Waals surface area contributed by atoms with Crippen LogP contribution in [0.2, 0.25) is 0 Å². The molecule has 3 aromatic rings. The van der Waals surface area contributed by atoms with E-state index in [-0.39, 0.29) is 110 Å². The van der Waals surface area contributed by atoms with Crippen LogP contribution in [-0.2, 0) is 60.8 Å². The number of aromatic hydroxyl groups is 2. The number of urea groups is 1. The Labute approximate surface area is 520 Å². The van der Waals surface area contributed by atoms with E-state index < -0.39 is 155 Å². The van der Waals surface area contributed by atoms with Crippen LogP contribution in [0.1, 0.15) is 108 Å². The number of primary amides is 1. The molecule has 0 radical (unpaired) electrons. The van der Waals surface area contributed by atoms with Crippen molar-refractivity contribution in [2.24, 2.45) is 11.7 Å². The Morgan fingerprint density at radius 3 is 2.17 bits per heavy atom. The number of hydrogen-bond acceptors (Lipinski definition) is 21. The third-order valence-corrected chi connectivity index (χ3v) is 16.5. The molecule has 3 aromatic carbocycles. The molecule has 2 aliphatic carbocycles. The summed E-state index contributed by atoms with van der Waals surface area (Å²) in [7, 11) is 1.28. The van der Waals surface area contributed by atoms with Gasteiger partial charge in [-0.25, -0.2) is 9.59 Å². The van der Waals surface area contributed by atoms with Crippen molar-refractivity contribution < 1.29 is 97.2 Å². The van der Waals surface area contributed by atoms with E-state index in [9.17, 15) is 78.3 Å². The van der Waals surface area contributed by atoms with Crippen LogP contribution in [0.3, 0.4) is 0 Å². The van der Waals surface area contributed by atoms with E-state index >= 15 is 0 Å². The van der Waals surface area contributed by atoms with Crippen LogP contribution >= 0.6 is 11.8 Å². The second kappa shape index (κ2) is 30.0. The molecule has 0 unspecified atom stereocenters. The van der Waals surface area contributed by atoms with E-state index in [1.807, 2.05) is 0 Å². The van der Waals surface area contributed by atoms with Crippen molar-refractivity contribution in [3.8, 4) is 17.2 Å². The number of phenolic OH excluding ortho intramolecular Hbond substituents is 2. The monoisotopic (exact) mass is 1270 g/mol. The van der Waals surface area contributed by atoms with Gasteiger partial charge in [0.25, 0.3) is 0 Å². The van der Waals surface area contributed by atoms with Gasteiger partial charge in [0.15, 0.2) is 17.9 Å². The molecule has 4 aliphatic rings. The van der Waals surface area contributed by atoms with Crippen molar-refractivity contribution >= 4 is 82.4 Å². The molecule has 0 aromatic heterocycles. The van der Waals surface area contributed by atoms with Crippen LogP contribution in [0.15, 0.2) is 67.8 Å². The van der Waals surface area contributed by atoms with Crippen molar-refractivity contribution in [1.82, 2.24) is 36.0 Å². The second-order valence-electron chi connectivity index (χ2n) is 22.1. The molecule has 2 heterocycles. The lowest BCUT2D eigenvalue weighted by molar-refractivity contribution is -0.249. The average molecular weight is 1270 g/mol. The van der Waals surface area contributed by atoms with Gasteiger partial charge in [-0.05, 0) is 61.6 Å². The molecular weight excluding hydrogens is 1200 g/mol. The number of ether oxygens (including phenoxy) is 4. The highest BCUT2D eigenvalue weighted by Crippen LogP contribution is 2.52. The molecule has 7 rings (SSSR count). The Morgan fingerprint density at radius 2 is 1.54 bits per heavy atom. The van der Waals surface area contributed by atoms with Gasteiger partial charge in [0.1, 0.15) is 54.3 Å². The lowest BCUT2D eigenvalue weighted by Crippen LogP contribution is -2.59. The normalized spacial score (nSPS) is 20.8. The van der Waals surface area contributed by atoms with Crippen LogP contribution in [0.25, 0.3) is 0 Å². The van der Waals surface area contributed by atoms with E-state index in [0.717, 1.165) is 23.9 Å². The van der Waals surface area contributed by atoms with Gasteiger partial charge < -0.3 is 91.5 Å². The van der Waals surface area contributed by atoms with Crippen molar-refractivity contribution in [1.29, 1.82) is 0 Å². The fourth-order valence-corrected chi connectivity index (χ4v) is 11.6. The lowest BCUT2D eigenvalue weighted by atomic mass is 9.72. The third kappa shape index (κ3) is 15.9. The first-order valence-corrected chi connectivity index (χ1v) is 29.8. The Morgan fingerprint density at radius 1 is 0.889 bits per heavy atom. The Balaban J connectivity index is 0.941. The van der Waals surface area contributed by atoms with Gasteiger partial charge in [-0.2, -0.15) is 11.8 Å². The topological polar surface area (TPSA) is 422 Å². The summed E-state index contributed by atoms with van der Waals surface area (Å²) in [6, 6.07) is 6.02. The summed E-state index contributed by atoms with van der Waals surface area (Å²) in [5, 5.41) is 69.5. The number of hydrogen-bond donors (Lipinski definition) is 11. The predicted octanol–water partition coefficient (Wildman–Crippen LogP) is 0.849. The van der Waals surface area contributed by atoms with Crippen LogP contribution in [0, 0.1) is 5.92 Å². The molecule has 12 N–H and O–H groups in total. The number of methoxy groups -OCH3 is 1. The Bertz CT molecular complexity index is 3300. The lowest BCUT2D eigenvalue weighted by Gasteiger charge is -2.42. The first kappa shape index (κ1) is 68.5. The van der Waals surface area contributed by atoms with Crippen molar-refractivity contribution in [3.05, 3.63) is 107 Å². The zero-order valence-corrected chi connectivity index (χ0v) is 50.6. The number of carbonyl (C=O) groups excluding carboxylic acids is 11. The van der Waals surface area contributed by atoms with Gasteiger partial charge in [-0.1, -0.05) is 51.3 Å². The summed E-state index contributed by atoms with van der Waals surface area (Å²) in [6.45, 7) is 10.2. The van der Waals surface area contributed by atoms with Gasteiger partial charge in [-0.3, -0.25) is 43.2 Å². The van der Waals surface area contributed by atoms with E-state index in [1.54, 1.807) is 13.8 Å². The van der Waals surface area contributed by atoms with Crippen LogP contribution in [0.4, 0.5) is 15.3 Å². The average Bonchev–Trinajstić information content (AvgIpc) is 0.732. The number of benzene rings is 3. The quantitative estimate of drug-likeness (QED) is 0.0249. The van der Waals surface area contributed by atoms with Gasteiger partial charge in [-0.15, -0.1) is 0 Å². The standard InChI is InChI=1S/C60H73N9O20S/c1-7-42(73)67-27-68(43(74)8-2)29-69(28-67)44(75)18-20-90-26-41(72)66-50(30(3)4)57(82)64-36(12-10-19-62-58(61)83)56(81)63-33-16-14-32(15-17-33)25-87-59(84)65-37-21-45(88-31(5)51(37)76)89-39-23-60(85,40(71)24-70)22-35-47(39)55(80)49-48(53(35)78)52(77)34-11-9-13-38(86-6)46(34)54(49)79/h7-9,11,13-17,30-31,36-37,39,45,50-51,70,76,78,80,85H,1-2,10,12,18-29H2,3-6H3,(H,63,81)(H,64,82)(H,65,84)(H,66,72)(H3,61,62,83)/t31-,36-,37-,39-,45-,50-,51+,60-/m0/s1. The maximum Gasteiger partial charge on any atom is 0.407 e. The van der Waals surface area contributed by atoms with Crippen molar-refractivity contribution in [2.75, 3.05) is 57.1 Å². The molecule has 9 amide bonds. The first-order chi connectivity index (χ1) is 42.7. The highest BCUT2D eigenvalue weighted by Gasteiger charge is 2.51. The molecule has 2 fully saturated rings. The largest absolute Gasteiger partial charge is 0.507 e. The summed E-state index contributed by atoms with van der Waals surface area (Å²) in [6.07, 6.45) is -5.73. The number of nitrogens with zero attached hydrogens (tertiary/aromatic N) is 3. The molecule has 484 valence electrons. The maximum absolute atomic E-state index is 14.1. The van der Waals surface area contributed by atoms with Crippen LogP contribution in [-0.4, -0.2) is 199 Å². The van der Waals surface area contributed by atoms with Gasteiger partial charge in [0.05, 0.1) is 67.8 Å². The molecule has 30 heteroatoms. The summed E-state index contributed by atoms with van der Waals surface area (Å²) < 4.78 is 23.0. The maximum atomic E-state index is 14.1. The number of phenols is 2. The molecule has 29 nitrogen and oxygen atoms in total. The molecule has 2 saturated heterocycles. The number of ketones is 3. The Hall–Kier alpha value is -8.94. The number of Topliss-reactive ketones (excluding diaryl/α,β-unsaturated/α-hetero) is 1. The number of alkyl carbamates (subject to hydrolysis) is 1. The second-order valence-corrected chi connectivity index (χ2v) is 23.2. The summed E-state index contributed by atoms with van der Waals surface area (Å²) in [5.74, 6) is -8.07. The summed E-state index contributed by atoms with van der Waals surface area (Å²) in [4.78, 5) is 148. The molecule has 0 bridgehead atoms. The third-order valence-electron chi connectivity index (χ3n) is 15.6.